The number of rotatable bonds is 4. The Bertz CT molecular complexity index is 372. The van der Waals surface area contributed by atoms with Crippen molar-refractivity contribution in [3.05, 3.63) is 29.8 Å². The van der Waals surface area contributed by atoms with E-state index in [4.69, 9.17) is 5.73 Å². The average molecular weight is 218 g/mol. The van der Waals surface area contributed by atoms with E-state index < -0.39 is 0 Å². The van der Waals surface area contributed by atoms with Gasteiger partial charge >= 0.3 is 0 Å². The average Bonchev–Trinajstić information content (AvgIpc) is 2.21. The zero-order valence-electron chi connectivity index (χ0n) is 9.41. The van der Waals surface area contributed by atoms with E-state index in [1.54, 1.807) is 24.3 Å². The molecule has 0 saturated heterocycles. The molecule has 1 saturated carbocycles. The molecule has 16 heavy (non-hydrogen) atoms. The number of nitrogens with one attached hydrogen (secondary N) is 1. The molecule has 0 spiro atoms. The molecule has 0 aliphatic heterocycles. The molecule has 0 heterocycles. The van der Waals surface area contributed by atoms with E-state index in [2.05, 4.69) is 5.32 Å². The predicted octanol–water partition coefficient (Wildman–Crippen LogP) is 2.19. The summed E-state index contributed by atoms with van der Waals surface area (Å²) in [6.45, 7) is 0.776. The molecule has 0 atom stereocenters. The van der Waals surface area contributed by atoms with Gasteiger partial charge in [0.25, 0.3) is 5.91 Å². The number of benzene rings is 1. The molecule has 3 nitrogen and oxygen atoms in total. The number of hydrogen-bond donors (Lipinski definition) is 2. The van der Waals surface area contributed by atoms with Gasteiger partial charge in [0.2, 0.25) is 0 Å². The smallest absolute Gasteiger partial charge is 0.251 e. The quantitative estimate of drug-likeness (QED) is 0.761. The largest absolute Gasteiger partial charge is 0.399 e. The van der Waals surface area contributed by atoms with E-state index in [-0.39, 0.29) is 5.91 Å². The molecule has 1 aromatic rings. The number of nitrogens with two attached hydrogens (primary N) is 1. The molecule has 1 amide bonds. The SMILES string of the molecule is Nc1cccc(C(=O)NCCC2CCC2)c1. The summed E-state index contributed by atoms with van der Waals surface area (Å²) in [5, 5.41) is 2.93. The number of hydrogen-bond acceptors (Lipinski definition) is 2. The topological polar surface area (TPSA) is 55.1 Å². The Labute approximate surface area is 96.0 Å². The summed E-state index contributed by atoms with van der Waals surface area (Å²) in [6.07, 6.45) is 5.12. The third-order valence-corrected chi connectivity index (χ3v) is 3.21. The van der Waals surface area contributed by atoms with E-state index in [1.807, 2.05) is 0 Å². The van der Waals surface area contributed by atoms with E-state index in [0.29, 0.717) is 11.3 Å². The summed E-state index contributed by atoms with van der Waals surface area (Å²) in [6, 6.07) is 7.08. The lowest BCUT2D eigenvalue weighted by Gasteiger charge is -2.25. The normalized spacial score (nSPS) is 15.5. The van der Waals surface area contributed by atoms with Crippen molar-refractivity contribution in [2.45, 2.75) is 25.7 Å². The second-order valence-electron chi connectivity index (χ2n) is 4.47. The van der Waals surface area contributed by atoms with Crippen molar-refractivity contribution in [3.8, 4) is 0 Å². The van der Waals surface area contributed by atoms with Crippen LogP contribution in [-0.2, 0) is 0 Å². The number of carbonyl (C=O) groups excluding carboxylic acids is 1. The molecule has 1 fully saturated rings. The van der Waals surface area contributed by atoms with Crippen LogP contribution in [0.4, 0.5) is 5.69 Å². The minimum Gasteiger partial charge on any atom is -0.399 e. The fourth-order valence-corrected chi connectivity index (χ4v) is 1.95. The molecule has 0 aromatic heterocycles. The zero-order valence-corrected chi connectivity index (χ0v) is 9.41. The van der Waals surface area contributed by atoms with Gasteiger partial charge in [-0.1, -0.05) is 25.3 Å². The first-order valence-corrected chi connectivity index (χ1v) is 5.89. The maximum atomic E-state index is 11.7. The summed E-state index contributed by atoms with van der Waals surface area (Å²) in [5.41, 5.74) is 6.90. The van der Waals surface area contributed by atoms with Crippen molar-refractivity contribution >= 4 is 11.6 Å². The zero-order chi connectivity index (χ0) is 11.4. The highest BCUT2D eigenvalue weighted by Gasteiger charge is 2.16. The maximum absolute atomic E-state index is 11.7. The first kappa shape index (κ1) is 11.0. The van der Waals surface area contributed by atoms with E-state index in [0.717, 1.165) is 18.9 Å². The summed E-state index contributed by atoms with van der Waals surface area (Å²) in [4.78, 5) is 11.7. The Morgan fingerprint density at radius 2 is 2.25 bits per heavy atom. The molecule has 2 rings (SSSR count). The lowest BCUT2D eigenvalue weighted by atomic mass is 9.83. The summed E-state index contributed by atoms with van der Waals surface area (Å²) >= 11 is 0. The molecule has 0 radical (unpaired) electrons. The fourth-order valence-electron chi connectivity index (χ4n) is 1.95. The Morgan fingerprint density at radius 3 is 2.88 bits per heavy atom. The Morgan fingerprint density at radius 1 is 1.44 bits per heavy atom. The predicted molar refractivity (Wildman–Crippen MR) is 65.1 cm³/mol. The highest BCUT2D eigenvalue weighted by molar-refractivity contribution is 5.94. The van der Waals surface area contributed by atoms with Crippen molar-refractivity contribution < 1.29 is 4.79 Å². The Balaban J connectivity index is 1.78. The van der Waals surface area contributed by atoms with Gasteiger partial charge in [-0.25, -0.2) is 0 Å². The van der Waals surface area contributed by atoms with E-state index in [9.17, 15) is 4.79 Å². The monoisotopic (exact) mass is 218 g/mol. The molecular formula is C13H18N2O. The molecule has 86 valence electrons. The second kappa shape index (κ2) is 5.01. The van der Waals surface area contributed by atoms with Gasteiger partial charge in [-0.2, -0.15) is 0 Å². The Hall–Kier alpha value is -1.51. The van der Waals surface area contributed by atoms with Crippen molar-refractivity contribution in [2.24, 2.45) is 5.92 Å². The van der Waals surface area contributed by atoms with Crippen LogP contribution in [-0.4, -0.2) is 12.5 Å². The van der Waals surface area contributed by atoms with Crippen molar-refractivity contribution in [3.63, 3.8) is 0 Å². The van der Waals surface area contributed by atoms with Crippen LogP contribution in [0, 0.1) is 5.92 Å². The van der Waals surface area contributed by atoms with Gasteiger partial charge in [0.05, 0.1) is 0 Å². The first-order valence-electron chi connectivity index (χ1n) is 5.89. The van der Waals surface area contributed by atoms with Gasteiger partial charge in [-0.05, 0) is 30.5 Å². The van der Waals surface area contributed by atoms with Crippen LogP contribution in [0.15, 0.2) is 24.3 Å². The van der Waals surface area contributed by atoms with Crippen LogP contribution >= 0.6 is 0 Å². The minimum absolute atomic E-state index is 0.0216. The van der Waals surface area contributed by atoms with Crippen LogP contribution in [0.2, 0.25) is 0 Å². The van der Waals surface area contributed by atoms with Gasteiger partial charge in [0.15, 0.2) is 0 Å². The van der Waals surface area contributed by atoms with Crippen LogP contribution in [0.1, 0.15) is 36.0 Å². The summed E-state index contributed by atoms with van der Waals surface area (Å²) in [5.74, 6) is 0.813. The van der Waals surface area contributed by atoms with Gasteiger partial charge in [0.1, 0.15) is 0 Å². The molecule has 1 aromatic carbocycles. The summed E-state index contributed by atoms with van der Waals surface area (Å²) in [7, 11) is 0. The highest BCUT2D eigenvalue weighted by atomic mass is 16.1. The number of amides is 1. The third-order valence-electron chi connectivity index (χ3n) is 3.21. The van der Waals surface area contributed by atoms with Gasteiger partial charge < -0.3 is 11.1 Å². The van der Waals surface area contributed by atoms with Gasteiger partial charge in [0, 0.05) is 17.8 Å². The number of anilines is 1. The molecule has 0 bridgehead atoms. The lowest BCUT2D eigenvalue weighted by Crippen LogP contribution is -2.27. The molecule has 1 aliphatic carbocycles. The molecular weight excluding hydrogens is 200 g/mol. The lowest BCUT2D eigenvalue weighted by molar-refractivity contribution is 0.0949. The third kappa shape index (κ3) is 2.75. The van der Waals surface area contributed by atoms with Crippen molar-refractivity contribution in [1.82, 2.24) is 5.32 Å². The maximum Gasteiger partial charge on any atom is 0.251 e. The van der Waals surface area contributed by atoms with Crippen LogP contribution < -0.4 is 11.1 Å². The van der Waals surface area contributed by atoms with Gasteiger partial charge in [-0.15, -0.1) is 0 Å². The minimum atomic E-state index is -0.0216. The van der Waals surface area contributed by atoms with Crippen LogP contribution in [0.5, 0.6) is 0 Å². The molecule has 1 aliphatic rings. The molecule has 0 unspecified atom stereocenters. The molecule has 3 N–H and O–H groups in total. The van der Waals surface area contributed by atoms with Crippen molar-refractivity contribution in [1.29, 1.82) is 0 Å². The first-order chi connectivity index (χ1) is 7.75. The highest BCUT2D eigenvalue weighted by Crippen LogP contribution is 2.28. The number of carbonyl (C=O) groups is 1. The van der Waals surface area contributed by atoms with E-state index in [1.165, 1.54) is 19.3 Å². The van der Waals surface area contributed by atoms with E-state index >= 15 is 0 Å². The summed E-state index contributed by atoms with van der Waals surface area (Å²) < 4.78 is 0. The fraction of sp³-hybridized carbons (Fsp3) is 0.462. The van der Waals surface area contributed by atoms with Crippen LogP contribution in [0.3, 0.4) is 0 Å². The Kier molecular flexibility index (Phi) is 3.44. The van der Waals surface area contributed by atoms with Crippen molar-refractivity contribution in [2.75, 3.05) is 12.3 Å². The molecule has 3 heteroatoms. The second-order valence-corrected chi connectivity index (χ2v) is 4.47. The van der Waals surface area contributed by atoms with Gasteiger partial charge in [-0.3, -0.25) is 4.79 Å². The number of nitrogen functional groups attached to an aromatic ring is 1. The van der Waals surface area contributed by atoms with Crippen LogP contribution in [0.25, 0.3) is 0 Å². The standard InChI is InChI=1S/C13H18N2O/c14-12-6-2-5-11(9-12)13(16)15-8-7-10-3-1-4-10/h2,5-6,9-10H,1,3-4,7-8,14H2,(H,15,16).